The molecule has 0 saturated heterocycles. The SMILES string of the molecule is CC/C=C\C/C=C\C/C=C\C/C=C\C/C=C\C/C=C\C/C=C\CCCCCCCC(=O)OC(CO)COC(=O)CCCCCCCCCCCCCCCCCCCCCCCCCCCCCCCCCCCCCCCCCC. The van der Waals surface area contributed by atoms with Crippen molar-refractivity contribution in [1.82, 2.24) is 0 Å². The molecule has 0 aliphatic heterocycles. The molecule has 0 aromatic rings. The monoisotopic (exact) mass is 1130 g/mol. The lowest BCUT2D eigenvalue weighted by Crippen LogP contribution is -2.28. The third-order valence-electron chi connectivity index (χ3n) is 16.0. The maximum Gasteiger partial charge on any atom is 0.306 e. The first kappa shape index (κ1) is 78.1. The predicted molar refractivity (Wildman–Crippen MR) is 357 cm³/mol. The topological polar surface area (TPSA) is 72.8 Å². The molecule has 0 bridgehead atoms. The summed E-state index contributed by atoms with van der Waals surface area (Å²) in [6.45, 7) is 4.05. The molecule has 5 heteroatoms. The molecule has 0 radical (unpaired) electrons. The van der Waals surface area contributed by atoms with Gasteiger partial charge in [0.25, 0.3) is 0 Å². The zero-order valence-electron chi connectivity index (χ0n) is 54.0. The Hall–Kier alpha value is -2.92. The standard InChI is InChI=1S/C76H136O5/c1-3-5-7-9-11-13-15-17-19-21-23-25-27-29-31-32-33-34-35-36-37-38-39-40-41-42-43-45-46-48-50-52-54-56-58-60-62-64-66-68-70-75(78)80-73-74(72-77)81-76(79)71-69-67-65-63-61-59-57-55-53-51-49-47-44-30-28-26-24-22-20-18-16-14-12-10-8-6-4-2/h6,8,12,14,18,20,24,26,30,44,49,51,55,57,74,77H,3-5,7,9-11,13,15-17,19,21-23,25,27-29,31-43,45-48,50,52-54,56,58-73H2,1-2H3/b8-6-,14-12-,20-18-,26-24-,44-30-,51-49-,57-55-. The van der Waals surface area contributed by atoms with Gasteiger partial charge in [0.1, 0.15) is 6.61 Å². The second-order valence-corrected chi connectivity index (χ2v) is 23.9. The highest BCUT2D eigenvalue weighted by molar-refractivity contribution is 5.70. The van der Waals surface area contributed by atoms with E-state index in [1.54, 1.807) is 0 Å². The van der Waals surface area contributed by atoms with Crippen molar-refractivity contribution in [2.45, 2.75) is 373 Å². The van der Waals surface area contributed by atoms with Crippen LogP contribution in [0.3, 0.4) is 0 Å². The molecule has 0 rings (SSSR count). The molecule has 1 unspecified atom stereocenters. The van der Waals surface area contributed by atoms with Gasteiger partial charge in [-0.1, -0.05) is 369 Å². The molecule has 81 heavy (non-hydrogen) atoms. The van der Waals surface area contributed by atoms with Crippen LogP contribution < -0.4 is 0 Å². The largest absolute Gasteiger partial charge is 0.462 e. The lowest BCUT2D eigenvalue weighted by atomic mass is 10.0. The molecule has 470 valence electrons. The van der Waals surface area contributed by atoms with Crippen LogP contribution >= 0.6 is 0 Å². The van der Waals surface area contributed by atoms with Crippen molar-refractivity contribution < 1.29 is 24.2 Å². The van der Waals surface area contributed by atoms with Gasteiger partial charge in [-0.05, 0) is 70.6 Å². The van der Waals surface area contributed by atoms with Crippen LogP contribution in [0.15, 0.2) is 85.1 Å². The Morgan fingerprint density at radius 2 is 0.531 bits per heavy atom. The maximum atomic E-state index is 12.3. The highest BCUT2D eigenvalue weighted by atomic mass is 16.6. The smallest absolute Gasteiger partial charge is 0.306 e. The van der Waals surface area contributed by atoms with E-state index in [1.807, 2.05) is 0 Å². The van der Waals surface area contributed by atoms with E-state index in [0.717, 1.165) is 103 Å². The second-order valence-electron chi connectivity index (χ2n) is 23.9. The third-order valence-corrected chi connectivity index (χ3v) is 16.0. The van der Waals surface area contributed by atoms with Crippen molar-refractivity contribution in [3.63, 3.8) is 0 Å². The first-order chi connectivity index (χ1) is 40.1. The van der Waals surface area contributed by atoms with Crippen LogP contribution in [-0.2, 0) is 19.1 Å². The Bertz CT molecular complexity index is 1470. The van der Waals surface area contributed by atoms with E-state index in [-0.39, 0.29) is 25.2 Å². The Morgan fingerprint density at radius 3 is 0.802 bits per heavy atom. The fourth-order valence-electron chi connectivity index (χ4n) is 10.7. The van der Waals surface area contributed by atoms with Crippen LogP contribution in [0.2, 0.25) is 0 Å². The highest BCUT2D eigenvalue weighted by Crippen LogP contribution is 2.19. The molecule has 0 saturated carbocycles. The summed E-state index contributed by atoms with van der Waals surface area (Å²) in [5.41, 5.74) is 0. The number of esters is 2. The Balaban J connectivity index is 3.43. The van der Waals surface area contributed by atoms with Gasteiger partial charge in [-0.3, -0.25) is 9.59 Å². The average molecular weight is 1130 g/mol. The van der Waals surface area contributed by atoms with Gasteiger partial charge in [0.05, 0.1) is 6.61 Å². The molecular formula is C76H136O5. The number of aliphatic hydroxyl groups is 1. The normalized spacial score (nSPS) is 12.7. The van der Waals surface area contributed by atoms with Crippen molar-refractivity contribution in [2.75, 3.05) is 13.2 Å². The van der Waals surface area contributed by atoms with E-state index in [2.05, 4.69) is 98.9 Å². The van der Waals surface area contributed by atoms with E-state index in [0.29, 0.717) is 12.8 Å². The van der Waals surface area contributed by atoms with Crippen LogP contribution in [0.4, 0.5) is 0 Å². The number of carbonyl (C=O) groups is 2. The first-order valence-corrected chi connectivity index (χ1v) is 35.6. The molecule has 1 atom stereocenters. The number of aliphatic hydroxyl groups excluding tert-OH is 1. The Morgan fingerprint density at radius 1 is 0.296 bits per heavy atom. The van der Waals surface area contributed by atoms with E-state index in [9.17, 15) is 14.7 Å². The number of rotatable bonds is 66. The maximum absolute atomic E-state index is 12.3. The number of hydrogen-bond acceptors (Lipinski definition) is 5. The van der Waals surface area contributed by atoms with Gasteiger partial charge >= 0.3 is 11.9 Å². The quantitative estimate of drug-likeness (QED) is 0.0373. The lowest BCUT2D eigenvalue weighted by molar-refractivity contribution is -0.161. The first-order valence-electron chi connectivity index (χ1n) is 35.6. The van der Waals surface area contributed by atoms with Crippen molar-refractivity contribution in [1.29, 1.82) is 0 Å². The fraction of sp³-hybridized carbons (Fsp3) is 0.789. The zero-order chi connectivity index (χ0) is 58.4. The molecule has 0 aliphatic carbocycles. The molecule has 0 fully saturated rings. The molecule has 0 aromatic carbocycles. The van der Waals surface area contributed by atoms with Crippen molar-refractivity contribution in [2.24, 2.45) is 0 Å². The van der Waals surface area contributed by atoms with Gasteiger partial charge in [0.2, 0.25) is 0 Å². The van der Waals surface area contributed by atoms with Gasteiger partial charge in [0, 0.05) is 12.8 Å². The minimum Gasteiger partial charge on any atom is -0.462 e. The molecule has 1 N–H and O–H groups in total. The minimum atomic E-state index is -0.788. The summed E-state index contributed by atoms with van der Waals surface area (Å²) in [5.74, 6) is -0.603. The lowest BCUT2D eigenvalue weighted by Gasteiger charge is -2.15. The molecular weight excluding hydrogens is 993 g/mol. The molecule has 5 nitrogen and oxygen atoms in total. The van der Waals surface area contributed by atoms with Gasteiger partial charge in [-0.15, -0.1) is 0 Å². The number of allylic oxidation sites excluding steroid dienone is 14. The van der Waals surface area contributed by atoms with Crippen molar-refractivity contribution in [3.8, 4) is 0 Å². The van der Waals surface area contributed by atoms with E-state index < -0.39 is 6.10 Å². The summed E-state index contributed by atoms with van der Waals surface area (Å²) in [4.78, 5) is 24.6. The van der Waals surface area contributed by atoms with Gasteiger partial charge in [-0.25, -0.2) is 0 Å². The Kier molecular flexibility index (Phi) is 68.8. The summed E-state index contributed by atoms with van der Waals surface area (Å²) in [7, 11) is 0. The summed E-state index contributed by atoms with van der Waals surface area (Å²) in [6.07, 6.45) is 101. The zero-order valence-corrected chi connectivity index (χ0v) is 54.0. The van der Waals surface area contributed by atoms with Crippen LogP contribution in [-0.4, -0.2) is 36.4 Å². The fourth-order valence-corrected chi connectivity index (χ4v) is 10.7. The molecule has 0 aromatic heterocycles. The number of hydrogen-bond donors (Lipinski definition) is 1. The molecule has 0 amide bonds. The summed E-state index contributed by atoms with van der Waals surface area (Å²) in [6, 6.07) is 0. The molecule has 0 aliphatic rings. The van der Waals surface area contributed by atoms with E-state index in [4.69, 9.17) is 9.47 Å². The number of unbranched alkanes of at least 4 members (excludes halogenated alkanes) is 44. The van der Waals surface area contributed by atoms with Crippen LogP contribution in [0.5, 0.6) is 0 Å². The number of carbonyl (C=O) groups excluding carboxylic acids is 2. The highest BCUT2D eigenvalue weighted by Gasteiger charge is 2.16. The van der Waals surface area contributed by atoms with Crippen LogP contribution in [0, 0.1) is 0 Å². The van der Waals surface area contributed by atoms with Crippen LogP contribution in [0.1, 0.15) is 367 Å². The van der Waals surface area contributed by atoms with Crippen molar-refractivity contribution >= 4 is 11.9 Å². The van der Waals surface area contributed by atoms with E-state index in [1.165, 1.54) is 238 Å². The van der Waals surface area contributed by atoms with Gasteiger partial charge < -0.3 is 14.6 Å². The predicted octanol–water partition coefficient (Wildman–Crippen LogP) is 24.8. The van der Waals surface area contributed by atoms with Gasteiger partial charge in [-0.2, -0.15) is 0 Å². The Labute approximate surface area is 505 Å². The minimum absolute atomic E-state index is 0.0750. The summed E-state index contributed by atoms with van der Waals surface area (Å²) < 4.78 is 10.7. The number of ether oxygens (including phenoxy) is 2. The van der Waals surface area contributed by atoms with Gasteiger partial charge in [0.15, 0.2) is 6.10 Å². The molecule has 0 heterocycles. The second kappa shape index (κ2) is 71.3. The summed E-state index contributed by atoms with van der Waals surface area (Å²) >= 11 is 0. The van der Waals surface area contributed by atoms with Crippen LogP contribution in [0.25, 0.3) is 0 Å². The average Bonchev–Trinajstić information content (AvgIpc) is 3.47. The van der Waals surface area contributed by atoms with Crippen molar-refractivity contribution in [3.05, 3.63) is 85.1 Å². The molecule has 0 spiro atoms. The third kappa shape index (κ3) is 69.5. The summed E-state index contributed by atoms with van der Waals surface area (Å²) in [5, 5.41) is 9.69. The van der Waals surface area contributed by atoms with E-state index >= 15 is 0 Å².